The van der Waals surface area contributed by atoms with Crippen LogP contribution in [0.4, 0.5) is 13.2 Å². The lowest BCUT2D eigenvalue weighted by molar-refractivity contribution is -0.274. The van der Waals surface area contributed by atoms with Crippen LogP contribution in [0, 0.1) is 0 Å². The van der Waals surface area contributed by atoms with Gasteiger partial charge >= 0.3 is 6.36 Å². The molecule has 2 unspecified atom stereocenters. The Kier molecular flexibility index (Phi) is 8.06. The van der Waals surface area contributed by atoms with E-state index in [1.54, 1.807) is 0 Å². The minimum atomic E-state index is -4.79. The fourth-order valence-corrected chi connectivity index (χ4v) is 4.79. The van der Waals surface area contributed by atoms with Crippen molar-refractivity contribution >= 4 is 18.3 Å². The van der Waals surface area contributed by atoms with E-state index in [1.807, 2.05) is 12.1 Å². The number of hydrogen-bond donors (Lipinski definition) is 1. The summed E-state index contributed by atoms with van der Waals surface area (Å²) in [5.74, 6) is -0.854. The van der Waals surface area contributed by atoms with Crippen LogP contribution in [0.5, 0.6) is 5.75 Å². The molecule has 1 amide bonds. The van der Waals surface area contributed by atoms with Gasteiger partial charge in [-0.1, -0.05) is 36.8 Å². The van der Waals surface area contributed by atoms with Gasteiger partial charge in [-0.3, -0.25) is 9.69 Å². The van der Waals surface area contributed by atoms with Crippen molar-refractivity contribution in [3.63, 3.8) is 0 Å². The first-order valence-corrected chi connectivity index (χ1v) is 10.9. The third kappa shape index (κ3) is 6.17. The molecular weight excluding hydrogens is 441 g/mol. The highest BCUT2D eigenvalue weighted by Crippen LogP contribution is 2.38. The summed E-state index contributed by atoms with van der Waals surface area (Å²) in [6.07, 6.45) is 2.86. The van der Waals surface area contributed by atoms with Crippen molar-refractivity contribution in [1.29, 1.82) is 0 Å². The Labute approximate surface area is 192 Å². The number of rotatable bonds is 5. The molecule has 2 aliphatic rings. The van der Waals surface area contributed by atoms with Crippen LogP contribution in [-0.2, 0) is 6.54 Å². The Morgan fingerprint density at radius 1 is 1.03 bits per heavy atom. The molecule has 174 valence electrons. The number of carbonyl (C=O) groups is 1. The van der Waals surface area contributed by atoms with Gasteiger partial charge in [0.2, 0.25) is 0 Å². The number of carbonyl (C=O) groups excluding carboxylic acids is 1. The van der Waals surface area contributed by atoms with E-state index in [9.17, 15) is 18.0 Å². The molecule has 2 heterocycles. The number of nitrogens with zero attached hydrogens (tertiary/aromatic N) is 1. The number of halogens is 4. The topological polar surface area (TPSA) is 41.6 Å². The minimum Gasteiger partial charge on any atom is -0.406 e. The highest BCUT2D eigenvalue weighted by Gasteiger charge is 2.33. The number of piperidine rings is 2. The Bertz CT molecular complexity index is 903. The maximum Gasteiger partial charge on any atom is 0.573 e. The van der Waals surface area contributed by atoms with Gasteiger partial charge in [0.15, 0.2) is 0 Å². The van der Waals surface area contributed by atoms with E-state index in [2.05, 4.69) is 27.1 Å². The van der Waals surface area contributed by atoms with Crippen molar-refractivity contribution in [1.82, 2.24) is 10.2 Å². The summed E-state index contributed by atoms with van der Waals surface area (Å²) in [6.45, 7) is 1.48. The smallest absolute Gasteiger partial charge is 0.406 e. The molecule has 0 aromatic heterocycles. The first-order chi connectivity index (χ1) is 14.9. The molecule has 32 heavy (non-hydrogen) atoms. The van der Waals surface area contributed by atoms with Crippen molar-refractivity contribution in [3.05, 3.63) is 65.2 Å². The zero-order chi connectivity index (χ0) is 21.8. The average Bonchev–Trinajstić information content (AvgIpc) is 2.76. The largest absolute Gasteiger partial charge is 0.573 e. The van der Waals surface area contributed by atoms with Crippen LogP contribution in [-0.4, -0.2) is 29.8 Å². The van der Waals surface area contributed by atoms with E-state index in [0.717, 1.165) is 11.6 Å². The number of alkyl halides is 3. The second-order valence-electron chi connectivity index (χ2n) is 8.33. The van der Waals surface area contributed by atoms with Crippen LogP contribution in [0.15, 0.2) is 48.5 Å². The van der Waals surface area contributed by atoms with E-state index in [4.69, 9.17) is 0 Å². The molecule has 2 saturated heterocycles. The summed E-state index contributed by atoms with van der Waals surface area (Å²) in [6, 6.07) is 14.6. The molecule has 0 spiro atoms. The van der Waals surface area contributed by atoms with Crippen molar-refractivity contribution in [2.75, 3.05) is 6.54 Å². The molecule has 2 aliphatic heterocycles. The molecule has 4 rings (SSSR count). The standard InChI is InChI=1S/C24H27F3N2O2.ClH/c25-24(26,27)31-21-8-3-5-19(15-21)23(30)28-16-17-10-12-18(13-11-17)22-9-4-7-20-6-1-2-14-29(20)22;/h3,5,8,10-13,15,20,22H,1-2,4,6-7,9,14,16H2,(H,28,30);1H. The van der Waals surface area contributed by atoms with Gasteiger partial charge in [-0.25, -0.2) is 0 Å². The maximum absolute atomic E-state index is 12.4. The van der Waals surface area contributed by atoms with Gasteiger partial charge in [0.1, 0.15) is 5.75 Å². The Morgan fingerprint density at radius 3 is 2.53 bits per heavy atom. The number of amides is 1. The molecule has 0 saturated carbocycles. The zero-order valence-electron chi connectivity index (χ0n) is 17.7. The second kappa shape index (κ2) is 10.6. The van der Waals surface area contributed by atoms with E-state index < -0.39 is 18.0 Å². The Balaban J connectivity index is 0.00000289. The molecule has 0 bridgehead atoms. The zero-order valence-corrected chi connectivity index (χ0v) is 18.6. The van der Waals surface area contributed by atoms with E-state index >= 15 is 0 Å². The Morgan fingerprint density at radius 2 is 1.78 bits per heavy atom. The van der Waals surface area contributed by atoms with Gasteiger partial charge in [0, 0.05) is 24.2 Å². The molecule has 2 aromatic rings. The number of fused-ring (bicyclic) bond motifs is 1. The van der Waals surface area contributed by atoms with E-state index in [0.29, 0.717) is 18.6 Å². The molecule has 0 aliphatic carbocycles. The fraction of sp³-hybridized carbons (Fsp3) is 0.458. The lowest BCUT2D eigenvalue weighted by Crippen LogP contribution is -2.44. The van der Waals surface area contributed by atoms with Gasteiger partial charge in [-0.15, -0.1) is 25.6 Å². The van der Waals surface area contributed by atoms with Crippen LogP contribution in [0.1, 0.15) is 66.1 Å². The minimum absolute atomic E-state index is 0. The van der Waals surface area contributed by atoms with Crippen molar-refractivity contribution in [2.24, 2.45) is 0 Å². The highest BCUT2D eigenvalue weighted by molar-refractivity contribution is 5.94. The quantitative estimate of drug-likeness (QED) is 0.583. The van der Waals surface area contributed by atoms with Crippen LogP contribution < -0.4 is 10.1 Å². The molecule has 8 heteroatoms. The first kappa shape index (κ1) is 24.4. The van der Waals surface area contributed by atoms with Crippen LogP contribution in [0.2, 0.25) is 0 Å². The predicted molar refractivity (Wildman–Crippen MR) is 119 cm³/mol. The molecule has 0 radical (unpaired) electrons. The van der Waals surface area contributed by atoms with Crippen LogP contribution in [0.3, 0.4) is 0 Å². The van der Waals surface area contributed by atoms with Crippen molar-refractivity contribution in [2.45, 2.75) is 63.5 Å². The summed E-state index contributed by atoms with van der Waals surface area (Å²) < 4.78 is 41.0. The second-order valence-corrected chi connectivity index (χ2v) is 8.33. The van der Waals surface area contributed by atoms with E-state index in [-0.39, 0.29) is 18.0 Å². The number of hydrogen-bond acceptors (Lipinski definition) is 3. The molecular formula is C24H28ClF3N2O2. The van der Waals surface area contributed by atoms with Gasteiger partial charge in [0.05, 0.1) is 0 Å². The molecule has 4 nitrogen and oxygen atoms in total. The normalized spacial score (nSPS) is 21.2. The monoisotopic (exact) mass is 468 g/mol. The summed E-state index contributed by atoms with van der Waals surface area (Å²) in [7, 11) is 0. The summed E-state index contributed by atoms with van der Waals surface area (Å²) in [4.78, 5) is 15.0. The summed E-state index contributed by atoms with van der Waals surface area (Å²) >= 11 is 0. The molecule has 2 atom stereocenters. The first-order valence-electron chi connectivity index (χ1n) is 10.9. The van der Waals surface area contributed by atoms with Gasteiger partial charge < -0.3 is 10.1 Å². The SMILES string of the molecule is Cl.O=C(NCc1ccc(C2CCCC3CCCCN32)cc1)c1cccc(OC(F)(F)F)c1. The van der Waals surface area contributed by atoms with Crippen molar-refractivity contribution in [3.8, 4) is 5.75 Å². The lowest BCUT2D eigenvalue weighted by atomic mass is 9.86. The maximum atomic E-state index is 12.4. The third-order valence-electron chi connectivity index (χ3n) is 6.24. The molecule has 2 fully saturated rings. The molecule has 2 aromatic carbocycles. The number of benzene rings is 2. The average molecular weight is 469 g/mol. The summed E-state index contributed by atoms with van der Waals surface area (Å²) in [5, 5.41) is 2.76. The number of ether oxygens (including phenoxy) is 1. The predicted octanol–water partition coefficient (Wildman–Crippen LogP) is 6.02. The number of nitrogens with one attached hydrogen (secondary N) is 1. The third-order valence-corrected chi connectivity index (χ3v) is 6.24. The summed E-state index contributed by atoms with van der Waals surface area (Å²) in [5.41, 5.74) is 2.39. The van der Waals surface area contributed by atoms with Gasteiger partial charge in [-0.2, -0.15) is 0 Å². The highest BCUT2D eigenvalue weighted by atomic mass is 35.5. The van der Waals surface area contributed by atoms with Crippen LogP contribution >= 0.6 is 12.4 Å². The fourth-order valence-electron chi connectivity index (χ4n) is 4.79. The van der Waals surface area contributed by atoms with Gasteiger partial charge in [-0.05, 0) is 68.0 Å². The van der Waals surface area contributed by atoms with E-state index in [1.165, 1.54) is 68.8 Å². The Hall–Kier alpha value is -2.25. The van der Waals surface area contributed by atoms with Crippen LogP contribution in [0.25, 0.3) is 0 Å². The lowest BCUT2D eigenvalue weighted by Gasteiger charge is -2.45. The molecule has 1 N–H and O–H groups in total. The van der Waals surface area contributed by atoms with Crippen molar-refractivity contribution < 1.29 is 22.7 Å². The van der Waals surface area contributed by atoms with Gasteiger partial charge in [0.25, 0.3) is 5.91 Å².